The van der Waals surface area contributed by atoms with Gasteiger partial charge >= 0.3 is 0 Å². The number of benzene rings is 2. The van der Waals surface area contributed by atoms with E-state index < -0.39 is 0 Å². The molecule has 2 amide bonds. The Bertz CT molecular complexity index is 1330. The van der Waals surface area contributed by atoms with Gasteiger partial charge in [0.05, 0.1) is 10.2 Å². The summed E-state index contributed by atoms with van der Waals surface area (Å²) in [7, 11) is 2.15. The molecular weight excluding hydrogens is 585 g/mol. The Balaban J connectivity index is 0.00000231. The second kappa shape index (κ2) is 14.7. The van der Waals surface area contributed by atoms with Gasteiger partial charge < -0.3 is 14.6 Å². The number of ketones is 1. The maximum absolute atomic E-state index is 12.7. The van der Waals surface area contributed by atoms with E-state index in [1.54, 1.807) is 24.3 Å². The summed E-state index contributed by atoms with van der Waals surface area (Å²) in [4.78, 5) is 54.7. The number of nitrogens with zero attached hydrogens (tertiary/aromatic N) is 5. The van der Waals surface area contributed by atoms with Crippen LogP contribution in [0.2, 0.25) is 0 Å². The first-order valence-electron chi connectivity index (χ1n) is 13.3. The van der Waals surface area contributed by atoms with Crippen LogP contribution in [0.4, 0.5) is 5.13 Å². The first-order valence-corrected chi connectivity index (χ1v) is 14.1. The molecular formula is C29H35Cl2N5O4S. The second-order valence-electron chi connectivity index (χ2n) is 9.99. The zero-order valence-corrected chi connectivity index (χ0v) is 25.6. The molecule has 3 aromatic rings. The van der Waals surface area contributed by atoms with E-state index in [1.165, 1.54) is 30.4 Å². The van der Waals surface area contributed by atoms with Crippen LogP contribution >= 0.6 is 36.2 Å². The third-order valence-electron chi connectivity index (χ3n) is 7.29. The number of piperazine rings is 1. The molecule has 0 bridgehead atoms. The van der Waals surface area contributed by atoms with Gasteiger partial charge in [-0.3, -0.25) is 19.3 Å². The van der Waals surface area contributed by atoms with E-state index in [-0.39, 0.29) is 42.4 Å². The van der Waals surface area contributed by atoms with Crippen molar-refractivity contribution < 1.29 is 19.2 Å². The smallest absolute Gasteiger partial charge is 0.259 e. The van der Waals surface area contributed by atoms with Crippen LogP contribution in [0.3, 0.4) is 0 Å². The maximum Gasteiger partial charge on any atom is 0.259 e. The predicted molar refractivity (Wildman–Crippen MR) is 166 cm³/mol. The van der Waals surface area contributed by atoms with Crippen molar-refractivity contribution in [1.29, 1.82) is 0 Å². The molecule has 2 saturated heterocycles. The molecule has 1 aromatic heterocycles. The van der Waals surface area contributed by atoms with Crippen LogP contribution in [0, 0.1) is 0 Å². The topological polar surface area (TPSA) is 86.3 Å². The van der Waals surface area contributed by atoms with Gasteiger partial charge in [-0.15, -0.1) is 29.9 Å². The van der Waals surface area contributed by atoms with E-state index in [0.717, 1.165) is 54.3 Å². The number of allylic oxidation sites excluding steroid dienone is 1. The summed E-state index contributed by atoms with van der Waals surface area (Å²) in [6.07, 6.45) is 4.63. The standard InChI is InChI=1S/C29H33N5O4S.2ClH/c1-21(35)34(29-30-25-5-3-4-6-27(25)39-29)38-24-9-7-22(8-10-24)26(36)11-12-28(37)33-15-13-23(14-16-33)32-19-17-31(2)18-20-32;;/h3-12,23H,13-20H2,1-2H3;2*1H/b12-11+;;. The number of hydrogen-bond donors (Lipinski definition) is 0. The van der Waals surface area contributed by atoms with Crippen molar-refractivity contribution in [3.05, 3.63) is 66.2 Å². The minimum absolute atomic E-state index is 0. The quantitative estimate of drug-likeness (QED) is 0.219. The molecule has 0 N–H and O–H groups in total. The van der Waals surface area contributed by atoms with Gasteiger partial charge in [0.25, 0.3) is 5.91 Å². The van der Waals surface area contributed by atoms with E-state index in [4.69, 9.17) is 4.84 Å². The Labute approximate surface area is 256 Å². The van der Waals surface area contributed by atoms with Crippen molar-refractivity contribution in [2.45, 2.75) is 25.8 Å². The predicted octanol–water partition coefficient (Wildman–Crippen LogP) is 4.46. The largest absolute Gasteiger partial charge is 0.370 e. The molecule has 2 aliphatic heterocycles. The number of amides is 2. The minimum atomic E-state index is -0.316. The van der Waals surface area contributed by atoms with Gasteiger partial charge in [-0.1, -0.05) is 23.5 Å². The van der Waals surface area contributed by atoms with Crippen molar-refractivity contribution in [3.63, 3.8) is 0 Å². The van der Waals surface area contributed by atoms with Crippen LogP contribution in [0.25, 0.3) is 10.2 Å². The number of hydrogen-bond acceptors (Lipinski definition) is 8. The van der Waals surface area contributed by atoms with Gasteiger partial charge in [0.1, 0.15) is 0 Å². The van der Waals surface area contributed by atoms with Crippen LogP contribution in [0.15, 0.2) is 60.7 Å². The molecule has 0 aliphatic carbocycles. The number of piperidine rings is 1. The van der Waals surface area contributed by atoms with Crippen LogP contribution in [-0.4, -0.2) is 89.6 Å². The van der Waals surface area contributed by atoms with E-state index in [2.05, 4.69) is 21.8 Å². The van der Waals surface area contributed by atoms with Crippen LogP contribution in [-0.2, 0) is 9.59 Å². The van der Waals surface area contributed by atoms with E-state index in [1.807, 2.05) is 29.2 Å². The molecule has 9 nitrogen and oxygen atoms in total. The molecule has 41 heavy (non-hydrogen) atoms. The summed E-state index contributed by atoms with van der Waals surface area (Å²) in [5.41, 5.74) is 1.21. The van der Waals surface area contributed by atoms with E-state index in [9.17, 15) is 14.4 Å². The Morgan fingerprint density at radius 1 is 0.927 bits per heavy atom. The SMILES string of the molecule is CC(=O)N(Oc1ccc(C(=O)/C=C/C(=O)N2CCC(N3CCN(C)CC3)CC2)cc1)c1nc2ccccc2s1.Cl.Cl. The van der Waals surface area contributed by atoms with Gasteiger partial charge in [0.2, 0.25) is 11.0 Å². The molecule has 0 radical (unpaired) electrons. The Morgan fingerprint density at radius 3 is 2.22 bits per heavy atom. The fourth-order valence-corrected chi connectivity index (χ4v) is 5.91. The number of aromatic nitrogens is 1. The van der Waals surface area contributed by atoms with Gasteiger partial charge in [0.15, 0.2) is 11.5 Å². The molecule has 12 heteroatoms. The lowest BCUT2D eigenvalue weighted by Crippen LogP contribution is -2.52. The molecule has 0 saturated carbocycles. The summed E-state index contributed by atoms with van der Waals surface area (Å²) in [5.74, 6) is -0.322. The lowest BCUT2D eigenvalue weighted by Gasteiger charge is -2.41. The highest BCUT2D eigenvalue weighted by Crippen LogP contribution is 2.29. The second-order valence-corrected chi connectivity index (χ2v) is 11.0. The highest BCUT2D eigenvalue weighted by molar-refractivity contribution is 7.22. The average Bonchev–Trinajstić information content (AvgIpc) is 3.39. The molecule has 2 aromatic carbocycles. The molecule has 2 aliphatic rings. The van der Waals surface area contributed by atoms with Gasteiger partial charge in [-0.2, -0.15) is 0 Å². The average molecular weight is 621 g/mol. The zero-order valence-electron chi connectivity index (χ0n) is 23.1. The first kappa shape index (κ1) is 32.5. The fraction of sp³-hybridized carbons (Fsp3) is 0.379. The zero-order chi connectivity index (χ0) is 27.4. The lowest BCUT2D eigenvalue weighted by molar-refractivity contribution is -0.127. The maximum atomic E-state index is 12.7. The number of anilines is 1. The number of hydroxylamine groups is 1. The summed E-state index contributed by atoms with van der Waals surface area (Å²) in [6.45, 7) is 7.18. The van der Waals surface area contributed by atoms with Crippen molar-refractivity contribution in [1.82, 2.24) is 19.7 Å². The number of fused-ring (bicyclic) bond motifs is 1. The first-order chi connectivity index (χ1) is 18.9. The number of rotatable bonds is 7. The minimum Gasteiger partial charge on any atom is -0.370 e. The van der Waals surface area contributed by atoms with Crippen LogP contribution in [0.5, 0.6) is 5.75 Å². The van der Waals surface area contributed by atoms with E-state index >= 15 is 0 Å². The number of likely N-dealkylation sites (tertiary alicyclic amines) is 1. The summed E-state index contributed by atoms with van der Waals surface area (Å²) in [5, 5.41) is 1.57. The van der Waals surface area contributed by atoms with Crippen LogP contribution < -0.4 is 9.90 Å². The molecule has 0 atom stereocenters. The molecule has 0 unspecified atom stereocenters. The lowest BCUT2D eigenvalue weighted by atomic mass is 10.0. The molecule has 2 fully saturated rings. The summed E-state index contributed by atoms with van der Waals surface area (Å²) < 4.78 is 0.948. The number of carbonyl (C=O) groups excluding carboxylic acids is 3. The molecule has 5 rings (SSSR count). The highest BCUT2D eigenvalue weighted by atomic mass is 35.5. The van der Waals surface area contributed by atoms with Gasteiger partial charge in [-0.25, -0.2) is 4.98 Å². The third kappa shape index (κ3) is 8.05. The van der Waals surface area contributed by atoms with Crippen molar-refractivity contribution in [2.75, 3.05) is 51.4 Å². The number of halogens is 2. The summed E-state index contributed by atoms with van der Waals surface area (Å²) in [6, 6.07) is 14.6. The molecule has 0 spiro atoms. The fourth-order valence-electron chi connectivity index (χ4n) is 4.96. The normalized spacial score (nSPS) is 16.7. The Hall–Kier alpha value is -3.02. The molecule has 220 valence electrons. The number of carbonyl (C=O) groups is 3. The monoisotopic (exact) mass is 619 g/mol. The molecule has 3 heterocycles. The Kier molecular flexibility index (Phi) is 11.7. The Morgan fingerprint density at radius 2 is 1.59 bits per heavy atom. The van der Waals surface area contributed by atoms with Gasteiger partial charge in [0, 0.05) is 63.9 Å². The van der Waals surface area contributed by atoms with E-state index in [0.29, 0.717) is 35.6 Å². The highest BCUT2D eigenvalue weighted by Gasteiger charge is 2.28. The van der Waals surface area contributed by atoms with Gasteiger partial charge in [-0.05, 0) is 62.4 Å². The number of thiazole rings is 1. The van der Waals surface area contributed by atoms with Crippen molar-refractivity contribution in [3.8, 4) is 5.75 Å². The number of para-hydroxylation sites is 1. The van der Waals surface area contributed by atoms with Crippen molar-refractivity contribution >= 4 is 69.1 Å². The third-order valence-corrected chi connectivity index (χ3v) is 8.29. The summed E-state index contributed by atoms with van der Waals surface area (Å²) >= 11 is 1.35. The van der Waals surface area contributed by atoms with Crippen LogP contribution in [0.1, 0.15) is 30.1 Å². The number of likely N-dealkylation sites (N-methyl/N-ethyl adjacent to an activating group) is 1. The van der Waals surface area contributed by atoms with Crippen molar-refractivity contribution in [2.24, 2.45) is 0 Å².